The lowest BCUT2D eigenvalue weighted by Gasteiger charge is -2.66. The molecular formula is C29H49BN2. The number of rotatable bonds is 1. The minimum Gasteiger partial charge on any atom is -0.314 e. The first-order valence-corrected chi connectivity index (χ1v) is 15.4. The molecule has 0 bridgehead atoms. The summed E-state index contributed by atoms with van der Waals surface area (Å²) in [5.74, 6) is 7.27. The van der Waals surface area contributed by atoms with Crippen LogP contribution >= 0.6 is 0 Å². The SMILES string of the molecule is C1CCC(B2C3CCCNC3C3(C4CCCCC4C4CCCCC43)C3NCCCC23)CC1. The average Bonchev–Trinajstić information content (AvgIpc) is 3.16. The van der Waals surface area contributed by atoms with Crippen LogP contribution in [-0.2, 0) is 0 Å². The van der Waals surface area contributed by atoms with Crippen molar-refractivity contribution in [3.8, 4) is 0 Å². The standard InChI is InChI=1S/C29H49BN2/c1-2-10-20(11-3-1)30-25-16-8-18-31-27(25)29(28-26(30)17-9-19-32-28)23-14-6-4-12-21(23)22-13-5-7-15-24(22)29/h20-28,31-32H,1-19H2. The van der Waals surface area contributed by atoms with Gasteiger partial charge in [-0.3, -0.25) is 0 Å². The molecule has 3 saturated heterocycles. The van der Waals surface area contributed by atoms with E-state index < -0.39 is 0 Å². The Labute approximate surface area is 198 Å². The van der Waals surface area contributed by atoms with Gasteiger partial charge in [-0.1, -0.05) is 76.4 Å². The summed E-state index contributed by atoms with van der Waals surface area (Å²) in [7, 11) is 0. The maximum atomic E-state index is 4.38. The molecule has 0 aromatic carbocycles. The van der Waals surface area contributed by atoms with Crippen molar-refractivity contribution in [1.29, 1.82) is 0 Å². The van der Waals surface area contributed by atoms with Crippen molar-refractivity contribution in [2.75, 3.05) is 13.1 Å². The van der Waals surface area contributed by atoms with Crippen LogP contribution in [0.15, 0.2) is 0 Å². The van der Waals surface area contributed by atoms with E-state index in [4.69, 9.17) is 0 Å². The van der Waals surface area contributed by atoms with Gasteiger partial charge in [-0.25, -0.2) is 0 Å². The third-order valence-electron chi connectivity index (χ3n) is 12.7. The molecule has 32 heavy (non-hydrogen) atoms. The van der Waals surface area contributed by atoms with Crippen molar-refractivity contribution in [2.24, 2.45) is 29.1 Å². The van der Waals surface area contributed by atoms with Crippen molar-refractivity contribution in [3.05, 3.63) is 0 Å². The summed E-state index contributed by atoms with van der Waals surface area (Å²) in [4.78, 5) is 0. The van der Waals surface area contributed by atoms with Crippen molar-refractivity contribution in [3.63, 3.8) is 0 Å². The van der Waals surface area contributed by atoms with E-state index in [1.165, 1.54) is 70.9 Å². The molecular weight excluding hydrogens is 387 g/mol. The lowest BCUT2D eigenvalue weighted by molar-refractivity contribution is -0.0352. The highest BCUT2D eigenvalue weighted by atomic mass is 15.1. The number of piperidine rings is 2. The van der Waals surface area contributed by atoms with Gasteiger partial charge in [0.15, 0.2) is 6.71 Å². The molecule has 2 N–H and O–H groups in total. The average molecular weight is 437 g/mol. The van der Waals surface area contributed by atoms with E-state index in [2.05, 4.69) is 10.6 Å². The number of nitrogens with one attached hydrogen (secondary N) is 2. The molecule has 7 rings (SSSR count). The van der Waals surface area contributed by atoms with Gasteiger partial charge < -0.3 is 10.6 Å². The Morgan fingerprint density at radius 1 is 0.500 bits per heavy atom. The zero-order valence-corrected chi connectivity index (χ0v) is 20.7. The summed E-state index contributed by atoms with van der Waals surface area (Å²) < 4.78 is 0. The van der Waals surface area contributed by atoms with E-state index in [-0.39, 0.29) is 0 Å². The van der Waals surface area contributed by atoms with Crippen LogP contribution in [0.4, 0.5) is 0 Å². The minimum absolute atomic E-state index is 0.595. The smallest absolute Gasteiger partial charge is 0.153 e. The number of hydrogen-bond acceptors (Lipinski definition) is 2. The van der Waals surface area contributed by atoms with Gasteiger partial charge in [-0.05, 0) is 86.9 Å². The molecule has 7 aliphatic rings. The highest BCUT2D eigenvalue weighted by Crippen LogP contribution is 2.72. The Hall–Kier alpha value is -0.0151. The third kappa shape index (κ3) is 2.98. The molecule has 8 atom stereocenters. The Bertz CT molecular complexity index is 626. The van der Waals surface area contributed by atoms with E-state index in [0.29, 0.717) is 5.41 Å². The molecule has 3 heterocycles. The van der Waals surface area contributed by atoms with E-state index in [1.54, 1.807) is 51.4 Å². The quantitative estimate of drug-likeness (QED) is 0.448. The van der Waals surface area contributed by atoms with Crippen molar-refractivity contribution < 1.29 is 0 Å². The molecule has 0 radical (unpaired) electrons. The Kier molecular flexibility index (Phi) is 5.71. The van der Waals surface area contributed by atoms with E-state index in [9.17, 15) is 0 Å². The van der Waals surface area contributed by atoms with Crippen molar-refractivity contribution in [2.45, 2.75) is 139 Å². The lowest BCUT2D eigenvalue weighted by atomic mass is 9.18. The monoisotopic (exact) mass is 436 g/mol. The van der Waals surface area contributed by atoms with Gasteiger partial charge in [0.2, 0.25) is 0 Å². The lowest BCUT2D eigenvalue weighted by Crippen LogP contribution is -2.73. The highest BCUT2D eigenvalue weighted by molar-refractivity contribution is 6.64. The number of hydrogen-bond donors (Lipinski definition) is 2. The largest absolute Gasteiger partial charge is 0.314 e. The highest BCUT2D eigenvalue weighted by Gasteiger charge is 2.71. The second kappa shape index (κ2) is 8.58. The molecule has 178 valence electrons. The fraction of sp³-hybridized carbons (Fsp3) is 1.00. The van der Waals surface area contributed by atoms with E-state index >= 15 is 0 Å². The molecule has 4 aliphatic carbocycles. The Morgan fingerprint density at radius 2 is 1.00 bits per heavy atom. The first-order chi connectivity index (χ1) is 15.9. The van der Waals surface area contributed by atoms with Gasteiger partial charge in [-0.15, -0.1) is 0 Å². The summed E-state index contributed by atoms with van der Waals surface area (Å²) in [5, 5.41) is 8.76. The van der Waals surface area contributed by atoms with Crippen LogP contribution in [0.25, 0.3) is 0 Å². The molecule has 3 aliphatic heterocycles. The maximum Gasteiger partial charge on any atom is 0.153 e. The zero-order chi connectivity index (χ0) is 21.1. The molecule has 0 aromatic rings. The summed E-state index contributed by atoms with van der Waals surface area (Å²) in [5.41, 5.74) is 0.595. The first-order valence-electron chi connectivity index (χ1n) is 15.4. The second-order valence-electron chi connectivity index (χ2n) is 13.6. The molecule has 0 amide bonds. The van der Waals surface area contributed by atoms with Crippen molar-refractivity contribution >= 4 is 6.71 Å². The van der Waals surface area contributed by atoms with Gasteiger partial charge in [-0.2, -0.15) is 0 Å². The van der Waals surface area contributed by atoms with Crippen LogP contribution in [0, 0.1) is 29.1 Å². The summed E-state index contributed by atoms with van der Waals surface area (Å²) in [6, 6.07) is 1.68. The van der Waals surface area contributed by atoms with Crippen LogP contribution in [0.2, 0.25) is 17.5 Å². The molecule has 3 heteroatoms. The predicted molar refractivity (Wildman–Crippen MR) is 135 cm³/mol. The van der Waals surface area contributed by atoms with Crippen LogP contribution in [0.3, 0.4) is 0 Å². The molecule has 8 unspecified atom stereocenters. The Balaban J connectivity index is 1.36. The fourth-order valence-corrected chi connectivity index (χ4v) is 12.3. The fourth-order valence-electron chi connectivity index (χ4n) is 12.3. The van der Waals surface area contributed by atoms with E-state index in [0.717, 1.165) is 59.9 Å². The Morgan fingerprint density at radius 3 is 1.56 bits per heavy atom. The van der Waals surface area contributed by atoms with Gasteiger partial charge >= 0.3 is 0 Å². The molecule has 2 nitrogen and oxygen atoms in total. The molecule has 0 aromatic heterocycles. The third-order valence-corrected chi connectivity index (χ3v) is 12.7. The summed E-state index contributed by atoms with van der Waals surface area (Å²) >= 11 is 0. The topological polar surface area (TPSA) is 24.1 Å². The van der Waals surface area contributed by atoms with Gasteiger partial charge in [0, 0.05) is 17.5 Å². The molecule has 4 saturated carbocycles. The predicted octanol–water partition coefficient (Wildman–Crippen LogP) is 6.69. The second-order valence-corrected chi connectivity index (χ2v) is 13.6. The van der Waals surface area contributed by atoms with Crippen LogP contribution in [0.1, 0.15) is 109 Å². The van der Waals surface area contributed by atoms with Crippen LogP contribution in [-0.4, -0.2) is 31.9 Å². The van der Waals surface area contributed by atoms with Crippen LogP contribution < -0.4 is 10.6 Å². The minimum atomic E-state index is 0.595. The normalized spacial score (nSPS) is 51.6. The molecule has 7 fully saturated rings. The first kappa shape index (κ1) is 21.3. The van der Waals surface area contributed by atoms with E-state index in [1.807, 2.05) is 0 Å². The van der Waals surface area contributed by atoms with Gasteiger partial charge in [0.25, 0.3) is 0 Å². The van der Waals surface area contributed by atoms with Gasteiger partial charge in [0.05, 0.1) is 0 Å². The van der Waals surface area contributed by atoms with Crippen molar-refractivity contribution in [1.82, 2.24) is 10.6 Å². The number of fused-ring (bicyclic) bond motifs is 9. The van der Waals surface area contributed by atoms with Crippen LogP contribution in [0.5, 0.6) is 0 Å². The maximum absolute atomic E-state index is 4.38. The summed E-state index contributed by atoms with van der Waals surface area (Å²) in [6.45, 7) is 3.65. The van der Waals surface area contributed by atoms with Gasteiger partial charge in [0.1, 0.15) is 0 Å². The summed E-state index contributed by atoms with van der Waals surface area (Å²) in [6.07, 6.45) is 26.1. The zero-order valence-electron chi connectivity index (χ0n) is 20.7. The molecule has 1 spiro atoms.